The quantitative estimate of drug-likeness (QED) is 0.807. The van der Waals surface area contributed by atoms with E-state index in [0.717, 1.165) is 24.2 Å². The lowest BCUT2D eigenvalue weighted by Gasteiger charge is -2.32. The van der Waals surface area contributed by atoms with Crippen LogP contribution in [-0.2, 0) is 0 Å². The predicted octanol–water partition coefficient (Wildman–Crippen LogP) is 4.82. The molecule has 132 valence electrons. The highest BCUT2D eigenvalue weighted by Crippen LogP contribution is 2.53. The van der Waals surface area contributed by atoms with E-state index < -0.39 is 0 Å². The van der Waals surface area contributed by atoms with Gasteiger partial charge in [-0.15, -0.1) is 0 Å². The van der Waals surface area contributed by atoms with Crippen molar-refractivity contribution in [2.24, 2.45) is 23.7 Å². The van der Waals surface area contributed by atoms with Crippen molar-refractivity contribution in [2.75, 3.05) is 5.32 Å². The second kappa shape index (κ2) is 5.90. The van der Waals surface area contributed by atoms with Crippen molar-refractivity contribution >= 4 is 34.7 Å². The summed E-state index contributed by atoms with van der Waals surface area (Å²) in [6.45, 7) is 0. The van der Waals surface area contributed by atoms with Gasteiger partial charge in [-0.2, -0.15) is 4.98 Å². The number of carbonyl (C=O) groups is 1. The first kappa shape index (κ1) is 15.5. The molecule has 0 aliphatic heterocycles. The fraction of sp³-hybridized carbons (Fsp3) is 0.579. The molecule has 2 amide bonds. The first-order chi connectivity index (χ1) is 12.1. The van der Waals surface area contributed by atoms with Gasteiger partial charge in [0.25, 0.3) is 0 Å². The van der Waals surface area contributed by atoms with Gasteiger partial charge in [0.05, 0.1) is 0 Å². The summed E-state index contributed by atoms with van der Waals surface area (Å²) < 4.78 is 5.57. The van der Waals surface area contributed by atoms with Crippen LogP contribution in [0, 0.1) is 23.7 Å². The summed E-state index contributed by atoms with van der Waals surface area (Å²) in [7, 11) is 0. The number of nitrogens with zero attached hydrogens (tertiary/aromatic N) is 1. The molecule has 2 aromatic rings. The lowest BCUT2D eigenvalue weighted by atomic mass is 9.78. The zero-order chi connectivity index (χ0) is 17.0. The Kier molecular flexibility index (Phi) is 3.66. The highest BCUT2D eigenvalue weighted by molar-refractivity contribution is 6.31. The molecule has 2 N–H and O–H groups in total. The van der Waals surface area contributed by atoms with Gasteiger partial charge in [-0.25, -0.2) is 4.79 Å². The maximum atomic E-state index is 12.4. The molecule has 3 aliphatic carbocycles. The van der Waals surface area contributed by atoms with Crippen molar-refractivity contribution in [1.29, 1.82) is 0 Å². The van der Waals surface area contributed by atoms with Gasteiger partial charge in [-0.3, -0.25) is 5.32 Å². The number of amides is 2. The fourth-order valence-electron chi connectivity index (χ4n) is 5.49. The number of hydrogen-bond donors (Lipinski definition) is 2. The minimum atomic E-state index is -0.222. The molecule has 5 rings (SSSR count). The molecule has 3 bridgehead atoms. The Hall–Kier alpha value is -1.75. The summed E-state index contributed by atoms with van der Waals surface area (Å²) in [5, 5.41) is 6.53. The minimum absolute atomic E-state index is 0.216. The summed E-state index contributed by atoms with van der Waals surface area (Å²) >= 11 is 5.96. The molecule has 0 radical (unpaired) electrons. The number of benzene rings is 1. The van der Waals surface area contributed by atoms with E-state index in [-0.39, 0.29) is 18.1 Å². The molecular weight excluding hydrogens is 338 g/mol. The highest BCUT2D eigenvalue weighted by Gasteiger charge is 2.45. The number of nitrogens with one attached hydrogen (secondary N) is 2. The Morgan fingerprint density at radius 3 is 2.88 bits per heavy atom. The van der Waals surface area contributed by atoms with Crippen LogP contribution in [0.5, 0.6) is 0 Å². The number of aromatic nitrogens is 1. The lowest BCUT2D eigenvalue weighted by Crippen LogP contribution is -2.43. The zero-order valence-corrected chi connectivity index (χ0v) is 14.8. The van der Waals surface area contributed by atoms with E-state index in [0.29, 0.717) is 22.0 Å². The van der Waals surface area contributed by atoms with Crippen molar-refractivity contribution in [1.82, 2.24) is 10.3 Å². The van der Waals surface area contributed by atoms with Crippen molar-refractivity contribution in [3.8, 4) is 0 Å². The molecule has 3 fully saturated rings. The maximum Gasteiger partial charge on any atom is 0.323 e. The fourth-order valence-corrected chi connectivity index (χ4v) is 5.66. The molecule has 1 aromatic heterocycles. The molecule has 25 heavy (non-hydrogen) atoms. The molecule has 0 spiro atoms. The van der Waals surface area contributed by atoms with Crippen LogP contribution in [0.4, 0.5) is 10.8 Å². The van der Waals surface area contributed by atoms with E-state index in [4.69, 9.17) is 16.0 Å². The first-order valence-electron chi connectivity index (χ1n) is 9.27. The van der Waals surface area contributed by atoms with E-state index in [9.17, 15) is 4.79 Å². The van der Waals surface area contributed by atoms with Gasteiger partial charge in [0.1, 0.15) is 5.52 Å². The minimum Gasteiger partial charge on any atom is -0.423 e. The third-order valence-electron chi connectivity index (χ3n) is 6.48. The van der Waals surface area contributed by atoms with Gasteiger partial charge in [-0.1, -0.05) is 11.6 Å². The number of hydrogen-bond acceptors (Lipinski definition) is 3. The van der Waals surface area contributed by atoms with E-state index in [2.05, 4.69) is 15.6 Å². The number of fused-ring (bicyclic) bond motifs is 3. The second-order valence-corrected chi connectivity index (χ2v) is 8.44. The van der Waals surface area contributed by atoms with Crippen molar-refractivity contribution in [2.45, 2.75) is 44.6 Å². The number of rotatable bonds is 2. The van der Waals surface area contributed by atoms with Crippen LogP contribution in [0.1, 0.15) is 38.5 Å². The highest BCUT2D eigenvalue weighted by atomic mass is 35.5. The van der Waals surface area contributed by atoms with Crippen LogP contribution >= 0.6 is 11.6 Å². The molecule has 6 heteroatoms. The summed E-state index contributed by atoms with van der Waals surface area (Å²) in [4.78, 5) is 16.7. The normalized spacial score (nSPS) is 33.4. The molecular formula is C19H22ClN3O2. The summed E-state index contributed by atoms with van der Waals surface area (Å²) in [6, 6.07) is 5.49. The van der Waals surface area contributed by atoms with Gasteiger partial charge in [0.15, 0.2) is 5.58 Å². The second-order valence-electron chi connectivity index (χ2n) is 8.00. The Morgan fingerprint density at radius 2 is 1.96 bits per heavy atom. The van der Waals surface area contributed by atoms with Crippen molar-refractivity contribution in [3.05, 3.63) is 23.2 Å². The van der Waals surface area contributed by atoms with Gasteiger partial charge < -0.3 is 9.73 Å². The SMILES string of the molecule is O=C(Nc1nc2cc(Cl)ccc2o1)NC1CCC2CC3CC2CC1C3. The maximum absolute atomic E-state index is 12.4. The Balaban J connectivity index is 1.27. The van der Waals surface area contributed by atoms with Gasteiger partial charge in [0, 0.05) is 11.1 Å². The van der Waals surface area contributed by atoms with Crippen LogP contribution in [-0.4, -0.2) is 17.1 Å². The first-order valence-corrected chi connectivity index (χ1v) is 9.65. The van der Waals surface area contributed by atoms with Gasteiger partial charge in [0.2, 0.25) is 0 Å². The zero-order valence-electron chi connectivity index (χ0n) is 14.0. The van der Waals surface area contributed by atoms with Crippen molar-refractivity contribution in [3.63, 3.8) is 0 Å². The molecule has 5 atom stereocenters. The van der Waals surface area contributed by atoms with E-state index in [1.165, 1.54) is 32.1 Å². The average Bonchev–Trinajstić information content (AvgIpc) is 3.06. The number of oxazole rings is 1. The Labute approximate surface area is 151 Å². The number of urea groups is 1. The number of halogens is 1. The molecule has 1 aromatic carbocycles. The third-order valence-corrected chi connectivity index (χ3v) is 6.72. The molecule has 1 heterocycles. The largest absolute Gasteiger partial charge is 0.423 e. The lowest BCUT2D eigenvalue weighted by molar-refractivity contribution is 0.205. The van der Waals surface area contributed by atoms with Gasteiger partial charge in [-0.05, 0) is 80.4 Å². The Morgan fingerprint density at radius 1 is 1.12 bits per heavy atom. The molecule has 3 aliphatic rings. The monoisotopic (exact) mass is 359 g/mol. The topological polar surface area (TPSA) is 67.2 Å². The van der Waals surface area contributed by atoms with Crippen LogP contribution in [0.3, 0.4) is 0 Å². The third kappa shape index (κ3) is 2.88. The van der Waals surface area contributed by atoms with Crippen molar-refractivity contribution < 1.29 is 9.21 Å². The van der Waals surface area contributed by atoms with E-state index in [1.807, 2.05) is 0 Å². The summed E-state index contributed by atoms with van der Waals surface area (Å²) in [5.74, 6) is 3.32. The predicted molar refractivity (Wildman–Crippen MR) is 96.6 cm³/mol. The van der Waals surface area contributed by atoms with Crippen LogP contribution in [0.25, 0.3) is 11.1 Å². The van der Waals surface area contributed by atoms with Crippen LogP contribution in [0.15, 0.2) is 22.6 Å². The van der Waals surface area contributed by atoms with Gasteiger partial charge >= 0.3 is 12.0 Å². The number of carbonyl (C=O) groups excluding carboxylic acids is 1. The summed E-state index contributed by atoms with van der Waals surface area (Å²) in [6.07, 6.45) is 7.75. The Bertz CT molecular complexity index is 820. The molecule has 3 saturated carbocycles. The average molecular weight is 360 g/mol. The standard InChI is InChI=1S/C19H22ClN3O2/c20-14-2-4-17-16(9-14)22-19(25-17)23-18(24)21-15-3-1-11-5-10-6-12(11)8-13(15)7-10/h2,4,9-13,15H,1,3,5-8H2,(H2,21,22,23,24). The molecule has 0 saturated heterocycles. The molecule has 5 nitrogen and oxygen atoms in total. The van der Waals surface area contributed by atoms with E-state index >= 15 is 0 Å². The van der Waals surface area contributed by atoms with Crippen LogP contribution in [0.2, 0.25) is 5.02 Å². The van der Waals surface area contributed by atoms with Crippen LogP contribution < -0.4 is 10.6 Å². The molecule has 5 unspecified atom stereocenters. The smallest absolute Gasteiger partial charge is 0.323 e. The number of anilines is 1. The van der Waals surface area contributed by atoms with E-state index in [1.54, 1.807) is 18.2 Å². The summed E-state index contributed by atoms with van der Waals surface area (Å²) in [5.41, 5.74) is 1.26.